The minimum absolute atomic E-state index is 0.0131. The van der Waals surface area contributed by atoms with Gasteiger partial charge in [0.05, 0.1) is 11.5 Å². The van der Waals surface area contributed by atoms with Crippen LogP contribution in [0.1, 0.15) is 11.1 Å². The van der Waals surface area contributed by atoms with E-state index in [0.29, 0.717) is 13.0 Å². The van der Waals surface area contributed by atoms with Gasteiger partial charge in [0.25, 0.3) is 11.2 Å². The van der Waals surface area contributed by atoms with Crippen molar-refractivity contribution in [1.82, 2.24) is 13.7 Å². The number of methoxy groups -OCH3 is 1. The lowest BCUT2D eigenvalue weighted by Crippen LogP contribution is -2.41. The molecule has 4 rings (SSSR count). The molecule has 2 aromatic carbocycles. The fraction of sp³-hybridized carbons (Fsp3) is 0.250. The second-order valence-electron chi connectivity index (χ2n) is 7.90. The summed E-state index contributed by atoms with van der Waals surface area (Å²) in [7, 11) is 1.36. The summed E-state index contributed by atoms with van der Waals surface area (Å²) in [4.78, 5) is 36.6. The first-order chi connectivity index (χ1) is 16.9. The minimum atomic E-state index is -0.669. The molecule has 0 atom stereocenters. The Kier molecular flexibility index (Phi) is 7.09. The zero-order chi connectivity index (χ0) is 24.9. The molecule has 2 aromatic heterocycles. The monoisotopic (exact) mass is 480 g/mol. The van der Waals surface area contributed by atoms with Gasteiger partial charge in [-0.15, -0.1) is 0 Å². The van der Waals surface area contributed by atoms with Crippen LogP contribution >= 0.6 is 0 Å². The van der Waals surface area contributed by atoms with Gasteiger partial charge in [0, 0.05) is 32.0 Å². The molecule has 0 fully saturated rings. The van der Waals surface area contributed by atoms with E-state index in [2.05, 4.69) is 0 Å². The van der Waals surface area contributed by atoms with Crippen LogP contribution in [0.15, 0.2) is 70.4 Å². The Morgan fingerprint density at radius 1 is 0.971 bits per heavy atom. The van der Waals surface area contributed by atoms with Crippen LogP contribution in [-0.2, 0) is 42.5 Å². The van der Waals surface area contributed by atoms with Crippen LogP contribution in [0.3, 0.4) is 0 Å². The van der Waals surface area contributed by atoms with Crippen molar-refractivity contribution in [2.45, 2.75) is 33.0 Å². The van der Waals surface area contributed by atoms with Crippen molar-refractivity contribution in [2.75, 3.05) is 7.11 Å². The number of non-ortho nitro benzene ring substituents is 1. The number of ether oxygens (including phenoxy) is 2. The molecule has 1 N–H and O–H groups in total. The third-order valence-electron chi connectivity index (χ3n) is 5.59. The number of fused-ring (bicyclic) bond motifs is 1. The number of aromatic hydroxyl groups is 1. The van der Waals surface area contributed by atoms with Crippen molar-refractivity contribution in [3.8, 4) is 5.75 Å². The largest absolute Gasteiger partial charge is 0.505 e. The van der Waals surface area contributed by atoms with Crippen LogP contribution in [0.4, 0.5) is 5.69 Å². The molecule has 0 radical (unpaired) electrons. The summed E-state index contributed by atoms with van der Waals surface area (Å²) in [5.74, 6) is -0.268. The van der Waals surface area contributed by atoms with Gasteiger partial charge in [0.15, 0.2) is 0 Å². The summed E-state index contributed by atoms with van der Waals surface area (Å²) in [5, 5.41) is 21.4. The summed E-state index contributed by atoms with van der Waals surface area (Å²) in [6, 6.07) is 15.5. The maximum Gasteiger partial charge on any atom is 0.336 e. The van der Waals surface area contributed by atoms with E-state index in [1.165, 1.54) is 30.0 Å². The molecule has 0 bridgehead atoms. The zero-order valence-electron chi connectivity index (χ0n) is 19.0. The van der Waals surface area contributed by atoms with E-state index >= 15 is 0 Å². The van der Waals surface area contributed by atoms with Crippen molar-refractivity contribution in [1.29, 1.82) is 0 Å². The molecule has 0 unspecified atom stereocenters. The molecule has 0 aliphatic rings. The lowest BCUT2D eigenvalue weighted by Gasteiger charge is -2.15. The molecule has 11 heteroatoms. The highest BCUT2D eigenvalue weighted by Crippen LogP contribution is 2.24. The third kappa shape index (κ3) is 5.00. The van der Waals surface area contributed by atoms with Crippen LogP contribution in [-0.4, -0.2) is 30.8 Å². The van der Waals surface area contributed by atoms with E-state index in [4.69, 9.17) is 9.47 Å². The van der Waals surface area contributed by atoms with Gasteiger partial charge in [0.1, 0.15) is 30.2 Å². The molecular formula is C24H24N4O7. The quantitative estimate of drug-likeness (QED) is 0.273. The summed E-state index contributed by atoms with van der Waals surface area (Å²) in [6.45, 7) is 0.114. The molecule has 0 spiro atoms. The number of aryl methyl sites for hydroxylation is 2. The van der Waals surface area contributed by atoms with Crippen molar-refractivity contribution in [3.63, 3.8) is 0 Å². The minimum Gasteiger partial charge on any atom is -0.505 e. The number of hydrogen-bond acceptors (Lipinski definition) is 7. The van der Waals surface area contributed by atoms with Crippen molar-refractivity contribution >= 4 is 16.7 Å². The van der Waals surface area contributed by atoms with Gasteiger partial charge in [-0.1, -0.05) is 42.5 Å². The number of rotatable bonds is 10. The molecule has 35 heavy (non-hydrogen) atoms. The van der Waals surface area contributed by atoms with Crippen molar-refractivity contribution in [2.24, 2.45) is 0 Å². The van der Waals surface area contributed by atoms with Gasteiger partial charge in [-0.05, 0) is 17.5 Å². The van der Waals surface area contributed by atoms with Crippen LogP contribution in [0, 0.1) is 10.1 Å². The predicted molar refractivity (Wildman–Crippen MR) is 127 cm³/mol. The molecule has 0 aliphatic heterocycles. The average Bonchev–Trinajstić information content (AvgIpc) is 3.19. The smallest absolute Gasteiger partial charge is 0.336 e. The molecule has 11 nitrogen and oxygen atoms in total. The van der Waals surface area contributed by atoms with E-state index < -0.39 is 16.2 Å². The highest BCUT2D eigenvalue weighted by Gasteiger charge is 2.21. The lowest BCUT2D eigenvalue weighted by molar-refractivity contribution is -0.384. The van der Waals surface area contributed by atoms with E-state index in [-0.39, 0.29) is 42.5 Å². The SMILES string of the molecule is COCn1c(=O)c2c(O)cn(CCc3ccc([N+](=O)[O-])cc3)c2n(COCc2ccccc2)c1=O. The second kappa shape index (κ2) is 10.4. The first kappa shape index (κ1) is 23.9. The van der Waals surface area contributed by atoms with E-state index in [9.17, 15) is 24.8 Å². The van der Waals surface area contributed by atoms with Gasteiger partial charge in [0.2, 0.25) is 0 Å². The summed E-state index contributed by atoms with van der Waals surface area (Å²) < 4.78 is 14.6. The third-order valence-corrected chi connectivity index (χ3v) is 5.59. The number of nitro groups is 1. The second-order valence-corrected chi connectivity index (χ2v) is 7.90. The van der Waals surface area contributed by atoms with Gasteiger partial charge < -0.3 is 19.1 Å². The molecular weight excluding hydrogens is 456 g/mol. The van der Waals surface area contributed by atoms with Crippen molar-refractivity contribution in [3.05, 3.63) is 103 Å². The van der Waals surface area contributed by atoms with Crippen molar-refractivity contribution < 1.29 is 19.5 Å². The molecule has 182 valence electrons. The highest BCUT2D eigenvalue weighted by molar-refractivity contribution is 5.82. The Morgan fingerprint density at radius 2 is 1.69 bits per heavy atom. The molecule has 4 aromatic rings. The molecule has 2 heterocycles. The Labute approximate surface area is 199 Å². The van der Waals surface area contributed by atoms with E-state index in [1.54, 1.807) is 16.7 Å². The summed E-state index contributed by atoms with van der Waals surface area (Å²) >= 11 is 0. The highest BCUT2D eigenvalue weighted by atomic mass is 16.6. The standard InChI is InChI=1S/C24H24N4O7/c1-34-15-27-23(30)21-20(29)13-25(12-11-17-7-9-19(10-8-17)28(32)33)22(21)26(24(27)31)16-35-14-18-5-3-2-4-6-18/h2-10,13,29H,11-12,14-16H2,1H3. The maximum atomic E-state index is 13.2. The molecule has 0 amide bonds. The first-order valence-corrected chi connectivity index (χ1v) is 10.8. The van der Waals surface area contributed by atoms with Gasteiger partial charge >= 0.3 is 5.69 Å². The maximum absolute atomic E-state index is 13.2. The van der Waals surface area contributed by atoms with Gasteiger partial charge in [-0.25, -0.2) is 9.36 Å². The predicted octanol–water partition coefficient (Wildman–Crippen LogP) is 2.60. The summed E-state index contributed by atoms with van der Waals surface area (Å²) in [5.41, 5.74) is 0.642. The lowest BCUT2D eigenvalue weighted by atomic mass is 10.1. The Hall–Kier alpha value is -4.22. The van der Waals surface area contributed by atoms with Gasteiger partial charge in [-0.2, -0.15) is 0 Å². The number of hydrogen-bond donors (Lipinski definition) is 1. The van der Waals surface area contributed by atoms with E-state index in [1.807, 2.05) is 30.3 Å². The van der Waals surface area contributed by atoms with E-state index in [0.717, 1.165) is 15.7 Å². The number of nitrogens with zero attached hydrogens (tertiary/aromatic N) is 4. The van der Waals surface area contributed by atoms with Crippen LogP contribution < -0.4 is 11.2 Å². The zero-order valence-corrected chi connectivity index (χ0v) is 19.0. The van der Waals surface area contributed by atoms with Crippen LogP contribution in [0.25, 0.3) is 11.0 Å². The molecule has 0 aliphatic carbocycles. The first-order valence-electron chi connectivity index (χ1n) is 10.8. The number of nitro benzene ring substituents is 1. The number of aromatic nitrogens is 3. The van der Waals surface area contributed by atoms with Crippen LogP contribution in [0.2, 0.25) is 0 Å². The Balaban J connectivity index is 1.70. The average molecular weight is 480 g/mol. The summed E-state index contributed by atoms with van der Waals surface area (Å²) in [6.07, 6.45) is 1.84. The van der Waals surface area contributed by atoms with Gasteiger partial charge in [-0.3, -0.25) is 19.5 Å². The normalized spacial score (nSPS) is 11.2. The van der Waals surface area contributed by atoms with Crippen LogP contribution in [0.5, 0.6) is 5.75 Å². The fourth-order valence-corrected chi connectivity index (χ4v) is 3.88. The number of benzene rings is 2. The molecule has 0 saturated carbocycles. The Bertz CT molecular complexity index is 1450. The fourth-order valence-electron chi connectivity index (χ4n) is 3.88. The Morgan fingerprint density at radius 3 is 2.34 bits per heavy atom. The molecule has 0 saturated heterocycles. The topological polar surface area (TPSA) is 131 Å².